The fraction of sp³-hybridized carbons (Fsp3) is 0.421. The average molecular weight is 394 g/mol. The molecule has 0 radical (unpaired) electrons. The van der Waals surface area contributed by atoms with Crippen LogP contribution in [-0.4, -0.2) is 22.0 Å². The second-order valence-electron chi connectivity index (χ2n) is 6.43. The van der Waals surface area contributed by atoms with Crippen LogP contribution in [-0.2, 0) is 6.54 Å². The number of H-pyrrole nitrogens is 1. The van der Waals surface area contributed by atoms with Crippen LogP contribution in [0.2, 0.25) is 0 Å². The molecule has 0 saturated heterocycles. The van der Waals surface area contributed by atoms with Gasteiger partial charge in [0.1, 0.15) is 17.5 Å². The Morgan fingerprint density at radius 3 is 2.46 bits per heavy atom. The number of amides is 1. The maximum absolute atomic E-state index is 14.2. The SMILES string of the molecule is CCCCN(C(=O)c1ccc(F)cc1F)c1c(N)n(CCCC)c(=O)[nH]c1=O. The Hall–Kier alpha value is -2.97. The third-order valence-electron chi connectivity index (χ3n) is 4.36. The van der Waals surface area contributed by atoms with Crippen LogP contribution in [0.1, 0.15) is 49.9 Å². The first-order valence-corrected chi connectivity index (χ1v) is 9.21. The molecule has 0 saturated carbocycles. The summed E-state index contributed by atoms with van der Waals surface area (Å²) in [4.78, 5) is 40.8. The number of hydrogen-bond donors (Lipinski definition) is 2. The van der Waals surface area contributed by atoms with Crippen LogP contribution in [0.4, 0.5) is 20.3 Å². The fourth-order valence-corrected chi connectivity index (χ4v) is 2.82. The van der Waals surface area contributed by atoms with Gasteiger partial charge < -0.3 is 10.6 Å². The Labute approximate surface area is 160 Å². The number of nitrogen functional groups attached to an aromatic ring is 1. The highest BCUT2D eigenvalue weighted by Gasteiger charge is 2.26. The third kappa shape index (κ3) is 4.47. The number of aromatic amines is 1. The van der Waals surface area contributed by atoms with Gasteiger partial charge in [-0.2, -0.15) is 0 Å². The molecule has 0 fully saturated rings. The largest absolute Gasteiger partial charge is 0.383 e. The fourth-order valence-electron chi connectivity index (χ4n) is 2.82. The smallest absolute Gasteiger partial charge is 0.330 e. The zero-order chi connectivity index (χ0) is 20.8. The van der Waals surface area contributed by atoms with E-state index in [4.69, 9.17) is 5.73 Å². The predicted molar refractivity (Wildman–Crippen MR) is 104 cm³/mol. The molecule has 0 atom stereocenters. The number of nitrogens with zero attached hydrogens (tertiary/aromatic N) is 2. The number of rotatable bonds is 8. The van der Waals surface area contributed by atoms with Gasteiger partial charge >= 0.3 is 5.69 Å². The van der Waals surface area contributed by atoms with E-state index in [1.165, 1.54) is 4.57 Å². The highest BCUT2D eigenvalue weighted by atomic mass is 19.1. The van der Waals surface area contributed by atoms with Gasteiger partial charge in [-0.05, 0) is 25.0 Å². The van der Waals surface area contributed by atoms with Crippen LogP contribution in [0.25, 0.3) is 0 Å². The molecule has 0 aliphatic carbocycles. The van der Waals surface area contributed by atoms with Crippen molar-refractivity contribution in [1.82, 2.24) is 9.55 Å². The molecule has 9 heteroatoms. The number of benzene rings is 1. The normalized spacial score (nSPS) is 10.9. The number of aromatic nitrogens is 2. The number of nitrogens with two attached hydrogens (primary N) is 1. The van der Waals surface area contributed by atoms with Crippen LogP contribution < -0.4 is 21.9 Å². The summed E-state index contributed by atoms with van der Waals surface area (Å²) < 4.78 is 28.5. The summed E-state index contributed by atoms with van der Waals surface area (Å²) >= 11 is 0. The van der Waals surface area contributed by atoms with E-state index in [9.17, 15) is 23.2 Å². The van der Waals surface area contributed by atoms with Gasteiger partial charge in [-0.25, -0.2) is 13.6 Å². The van der Waals surface area contributed by atoms with Crippen molar-refractivity contribution in [2.75, 3.05) is 17.2 Å². The molecule has 1 amide bonds. The van der Waals surface area contributed by atoms with E-state index in [-0.39, 0.29) is 30.2 Å². The van der Waals surface area contributed by atoms with Crippen molar-refractivity contribution in [1.29, 1.82) is 0 Å². The topological polar surface area (TPSA) is 101 Å². The summed E-state index contributed by atoms with van der Waals surface area (Å²) in [6.45, 7) is 4.18. The first kappa shape index (κ1) is 21.3. The minimum atomic E-state index is -1.04. The number of nitrogens with one attached hydrogen (secondary N) is 1. The molecule has 2 rings (SSSR count). The Balaban J connectivity index is 2.61. The summed E-state index contributed by atoms with van der Waals surface area (Å²) in [5, 5.41) is 0. The molecule has 0 aliphatic rings. The molecule has 1 aromatic heterocycles. The maximum atomic E-state index is 14.2. The molecular weight excluding hydrogens is 370 g/mol. The van der Waals surface area contributed by atoms with Gasteiger partial charge in [0, 0.05) is 19.2 Å². The number of halogens is 2. The molecule has 0 aliphatic heterocycles. The molecule has 2 aromatic rings. The zero-order valence-corrected chi connectivity index (χ0v) is 15.9. The lowest BCUT2D eigenvalue weighted by molar-refractivity contribution is 0.0982. The molecule has 1 heterocycles. The second-order valence-corrected chi connectivity index (χ2v) is 6.43. The van der Waals surface area contributed by atoms with Gasteiger partial charge in [0.25, 0.3) is 11.5 Å². The van der Waals surface area contributed by atoms with Crippen molar-refractivity contribution in [2.24, 2.45) is 0 Å². The van der Waals surface area contributed by atoms with E-state index in [2.05, 4.69) is 4.98 Å². The summed E-state index contributed by atoms with van der Waals surface area (Å²) in [5.74, 6) is -2.85. The summed E-state index contributed by atoms with van der Waals surface area (Å²) in [6, 6.07) is 2.58. The summed E-state index contributed by atoms with van der Waals surface area (Å²) in [6.07, 6.45) is 2.65. The zero-order valence-electron chi connectivity index (χ0n) is 15.9. The van der Waals surface area contributed by atoms with E-state index >= 15 is 0 Å². The predicted octanol–water partition coefficient (Wildman–Crippen LogP) is 2.64. The molecule has 152 valence electrons. The lowest BCUT2D eigenvalue weighted by Gasteiger charge is -2.24. The Morgan fingerprint density at radius 2 is 1.86 bits per heavy atom. The van der Waals surface area contributed by atoms with Gasteiger partial charge in [-0.3, -0.25) is 19.1 Å². The van der Waals surface area contributed by atoms with Crippen LogP contribution in [0, 0.1) is 11.6 Å². The molecule has 3 N–H and O–H groups in total. The number of carbonyl (C=O) groups excluding carboxylic acids is 1. The van der Waals surface area contributed by atoms with Crippen molar-refractivity contribution >= 4 is 17.4 Å². The second kappa shape index (κ2) is 9.29. The van der Waals surface area contributed by atoms with Crippen LogP contribution in [0.3, 0.4) is 0 Å². The molecule has 28 heavy (non-hydrogen) atoms. The van der Waals surface area contributed by atoms with Gasteiger partial charge in [0.2, 0.25) is 0 Å². The summed E-state index contributed by atoms with van der Waals surface area (Å²) in [5.41, 5.74) is 3.97. The van der Waals surface area contributed by atoms with Crippen molar-refractivity contribution in [3.05, 3.63) is 56.2 Å². The Morgan fingerprint density at radius 1 is 1.18 bits per heavy atom. The highest BCUT2D eigenvalue weighted by molar-refractivity contribution is 6.07. The highest BCUT2D eigenvalue weighted by Crippen LogP contribution is 2.22. The molecule has 1 aromatic carbocycles. The standard InChI is InChI=1S/C19H24F2N4O3/c1-3-5-9-24(18(27)13-8-7-12(20)11-14(13)21)15-16(22)25(10-6-4-2)19(28)23-17(15)26/h7-8,11H,3-6,9-10,22H2,1-2H3,(H,23,26,28). The molecular formula is C19H24F2N4O3. The molecule has 0 spiro atoms. The first-order chi connectivity index (χ1) is 13.3. The third-order valence-corrected chi connectivity index (χ3v) is 4.36. The average Bonchev–Trinajstić information content (AvgIpc) is 2.63. The number of anilines is 2. The van der Waals surface area contributed by atoms with Crippen molar-refractivity contribution < 1.29 is 13.6 Å². The molecule has 0 bridgehead atoms. The van der Waals surface area contributed by atoms with Crippen molar-refractivity contribution in [3.8, 4) is 0 Å². The van der Waals surface area contributed by atoms with Crippen molar-refractivity contribution in [3.63, 3.8) is 0 Å². The quantitative estimate of drug-likeness (QED) is 0.719. The summed E-state index contributed by atoms with van der Waals surface area (Å²) in [7, 11) is 0. The first-order valence-electron chi connectivity index (χ1n) is 9.21. The number of hydrogen-bond acceptors (Lipinski definition) is 4. The van der Waals surface area contributed by atoms with E-state index < -0.39 is 28.8 Å². The minimum Gasteiger partial charge on any atom is -0.383 e. The minimum absolute atomic E-state index is 0.0887. The maximum Gasteiger partial charge on any atom is 0.330 e. The van der Waals surface area contributed by atoms with E-state index in [0.29, 0.717) is 25.3 Å². The lowest BCUT2D eigenvalue weighted by Crippen LogP contribution is -2.42. The Bertz CT molecular complexity index is 969. The van der Waals surface area contributed by atoms with Gasteiger partial charge in [0.05, 0.1) is 5.56 Å². The van der Waals surface area contributed by atoms with E-state index in [0.717, 1.165) is 23.5 Å². The lowest BCUT2D eigenvalue weighted by atomic mass is 10.1. The molecule has 0 unspecified atom stereocenters. The monoisotopic (exact) mass is 394 g/mol. The van der Waals surface area contributed by atoms with Crippen LogP contribution in [0.15, 0.2) is 27.8 Å². The van der Waals surface area contributed by atoms with Gasteiger partial charge in [-0.15, -0.1) is 0 Å². The van der Waals surface area contributed by atoms with Gasteiger partial charge in [0.15, 0.2) is 5.69 Å². The number of unbranched alkanes of at least 4 members (excludes halogenated alkanes) is 2. The van der Waals surface area contributed by atoms with Crippen molar-refractivity contribution in [2.45, 2.75) is 46.1 Å². The Kier molecular flexibility index (Phi) is 7.08. The van der Waals surface area contributed by atoms with Crippen LogP contribution in [0.5, 0.6) is 0 Å². The molecule has 7 nitrogen and oxygen atoms in total. The van der Waals surface area contributed by atoms with E-state index in [1.54, 1.807) is 0 Å². The van der Waals surface area contributed by atoms with Crippen LogP contribution >= 0.6 is 0 Å². The number of carbonyl (C=O) groups is 1. The van der Waals surface area contributed by atoms with E-state index in [1.807, 2.05) is 13.8 Å². The van der Waals surface area contributed by atoms with Gasteiger partial charge in [-0.1, -0.05) is 26.7 Å².